The number of hydrogen-bond acceptors (Lipinski definition) is 2. The molecule has 0 radical (unpaired) electrons. The normalized spacial score (nSPS) is 12.5. The minimum absolute atomic E-state index is 0.154. The van der Waals surface area contributed by atoms with Gasteiger partial charge in [-0.3, -0.25) is 4.79 Å². The Balaban J connectivity index is 2.20. The van der Waals surface area contributed by atoms with Crippen molar-refractivity contribution in [3.63, 3.8) is 0 Å². The Bertz CT molecular complexity index is 688. The van der Waals surface area contributed by atoms with Gasteiger partial charge in [0, 0.05) is 23.6 Å². The number of nitrogens with zero attached hydrogens (tertiary/aromatic N) is 1. The number of carbonyl (C=O) groups is 2. The molecule has 1 aromatic carbocycles. The Labute approximate surface area is 129 Å². The van der Waals surface area contributed by atoms with Crippen LogP contribution in [0, 0.1) is 5.92 Å². The molecule has 1 amide bonds. The number of aromatic nitrogens is 1. The number of carboxylic acid groups (broad SMARTS) is 1. The average molecular weight is 302 g/mol. The molecule has 2 rings (SSSR count). The fourth-order valence-electron chi connectivity index (χ4n) is 2.64. The first-order valence-electron chi connectivity index (χ1n) is 7.53. The van der Waals surface area contributed by atoms with Gasteiger partial charge in [-0.15, -0.1) is 0 Å². The number of aliphatic carboxylic acids is 1. The average Bonchev–Trinajstić information content (AvgIpc) is 2.82. The molecule has 0 saturated heterocycles. The smallest absolute Gasteiger partial charge is 0.326 e. The fourth-order valence-corrected chi connectivity index (χ4v) is 2.64. The molecule has 1 unspecified atom stereocenters. The lowest BCUT2D eigenvalue weighted by atomic mass is 10.0. The van der Waals surface area contributed by atoms with Crippen LogP contribution in [-0.2, 0) is 22.6 Å². The van der Waals surface area contributed by atoms with Crippen molar-refractivity contribution in [3.05, 3.63) is 36.0 Å². The van der Waals surface area contributed by atoms with Crippen molar-refractivity contribution < 1.29 is 14.7 Å². The number of rotatable bonds is 6. The monoisotopic (exact) mass is 302 g/mol. The highest BCUT2D eigenvalue weighted by molar-refractivity contribution is 5.91. The third-order valence-corrected chi connectivity index (χ3v) is 3.81. The van der Waals surface area contributed by atoms with E-state index >= 15 is 0 Å². The number of nitrogens with one attached hydrogen (secondary N) is 1. The number of aryl methyl sites for hydroxylation is 1. The SMILES string of the molecule is CCn1cc(CC(=O)NC(C(=O)O)C(C)C)c2ccccc21. The molecule has 2 N–H and O–H groups in total. The van der Waals surface area contributed by atoms with Crippen LogP contribution in [0.3, 0.4) is 0 Å². The Morgan fingerprint density at radius 2 is 1.95 bits per heavy atom. The van der Waals surface area contributed by atoms with Gasteiger partial charge in [-0.05, 0) is 24.5 Å². The quantitative estimate of drug-likeness (QED) is 0.861. The molecule has 0 aliphatic carbocycles. The third kappa shape index (κ3) is 3.30. The summed E-state index contributed by atoms with van der Waals surface area (Å²) in [5, 5.41) is 12.8. The molecular formula is C17H22N2O3. The highest BCUT2D eigenvalue weighted by atomic mass is 16.4. The highest BCUT2D eigenvalue weighted by Gasteiger charge is 2.23. The standard InChI is InChI=1S/C17H22N2O3/c1-4-19-10-12(13-7-5-6-8-14(13)19)9-15(20)18-16(11(2)3)17(21)22/h5-8,10-11,16H,4,9H2,1-3H3,(H,18,20)(H,21,22). The lowest BCUT2D eigenvalue weighted by Gasteiger charge is -2.17. The molecule has 1 heterocycles. The van der Waals surface area contributed by atoms with Crippen LogP contribution < -0.4 is 5.32 Å². The number of hydrogen-bond donors (Lipinski definition) is 2. The first-order chi connectivity index (χ1) is 10.4. The van der Waals surface area contributed by atoms with Crippen molar-refractivity contribution in [1.29, 1.82) is 0 Å². The molecule has 2 aromatic rings. The summed E-state index contributed by atoms with van der Waals surface area (Å²) in [6.07, 6.45) is 2.15. The number of benzene rings is 1. The maximum atomic E-state index is 12.2. The van der Waals surface area contributed by atoms with Crippen LogP contribution in [0.15, 0.2) is 30.5 Å². The zero-order valence-electron chi connectivity index (χ0n) is 13.2. The second kappa shape index (κ2) is 6.64. The molecule has 22 heavy (non-hydrogen) atoms. The first kappa shape index (κ1) is 16.1. The highest BCUT2D eigenvalue weighted by Crippen LogP contribution is 2.21. The Kier molecular flexibility index (Phi) is 4.85. The molecule has 0 saturated carbocycles. The van der Waals surface area contributed by atoms with Gasteiger partial charge < -0.3 is 15.0 Å². The van der Waals surface area contributed by atoms with Crippen LogP contribution in [0.25, 0.3) is 10.9 Å². The molecule has 1 aromatic heterocycles. The van der Waals surface area contributed by atoms with Gasteiger partial charge in [0.15, 0.2) is 0 Å². The molecule has 118 valence electrons. The van der Waals surface area contributed by atoms with Crippen molar-refractivity contribution in [2.45, 2.75) is 39.8 Å². The van der Waals surface area contributed by atoms with Crippen molar-refractivity contribution in [2.75, 3.05) is 0 Å². The maximum absolute atomic E-state index is 12.2. The maximum Gasteiger partial charge on any atom is 0.326 e. The van der Waals surface area contributed by atoms with Gasteiger partial charge in [-0.2, -0.15) is 0 Å². The molecule has 5 nitrogen and oxygen atoms in total. The van der Waals surface area contributed by atoms with E-state index in [9.17, 15) is 9.59 Å². The summed E-state index contributed by atoms with van der Waals surface area (Å²) >= 11 is 0. The van der Waals surface area contributed by atoms with Crippen LogP contribution in [0.2, 0.25) is 0 Å². The molecular weight excluding hydrogens is 280 g/mol. The van der Waals surface area contributed by atoms with Crippen LogP contribution in [0.4, 0.5) is 0 Å². The number of carboxylic acids is 1. The van der Waals surface area contributed by atoms with E-state index < -0.39 is 12.0 Å². The van der Waals surface area contributed by atoms with Gasteiger partial charge in [0.25, 0.3) is 0 Å². The van der Waals surface area contributed by atoms with Crippen LogP contribution >= 0.6 is 0 Å². The predicted molar refractivity (Wildman–Crippen MR) is 85.7 cm³/mol. The van der Waals surface area contributed by atoms with Crippen LogP contribution in [0.1, 0.15) is 26.3 Å². The summed E-state index contributed by atoms with van der Waals surface area (Å²) in [5.74, 6) is -1.42. The van der Waals surface area contributed by atoms with E-state index in [1.807, 2.05) is 30.5 Å². The molecule has 0 bridgehead atoms. The van der Waals surface area contributed by atoms with Crippen LogP contribution in [0.5, 0.6) is 0 Å². The summed E-state index contributed by atoms with van der Waals surface area (Å²) in [5.41, 5.74) is 2.01. The van der Waals surface area contributed by atoms with Gasteiger partial charge in [0.1, 0.15) is 6.04 Å². The van der Waals surface area contributed by atoms with Gasteiger partial charge in [-0.25, -0.2) is 4.79 Å². The minimum Gasteiger partial charge on any atom is -0.480 e. The molecule has 0 spiro atoms. The summed E-state index contributed by atoms with van der Waals surface area (Å²) in [4.78, 5) is 23.4. The van der Waals surface area contributed by atoms with E-state index in [0.717, 1.165) is 23.0 Å². The van der Waals surface area contributed by atoms with Crippen molar-refractivity contribution in [1.82, 2.24) is 9.88 Å². The van der Waals surface area contributed by atoms with E-state index in [4.69, 9.17) is 5.11 Å². The van der Waals surface area contributed by atoms with E-state index in [-0.39, 0.29) is 18.2 Å². The van der Waals surface area contributed by atoms with Crippen molar-refractivity contribution in [2.24, 2.45) is 5.92 Å². The summed E-state index contributed by atoms with van der Waals surface area (Å²) in [7, 11) is 0. The number of fused-ring (bicyclic) bond motifs is 1. The van der Waals surface area contributed by atoms with Crippen molar-refractivity contribution >= 4 is 22.8 Å². The molecule has 0 aliphatic heterocycles. The molecule has 0 aliphatic rings. The molecule has 5 heteroatoms. The van der Waals surface area contributed by atoms with Crippen molar-refractivity contribution in [3.8, 4) is 0 Å². The fraction of sp³-hybridized carbons (Fsp3) is 0.412. The lowest BCUT2D eigenvalue weighted by Crippen LogP contribution is -2.44. The zero-order chi connectivity index (χ0) is 16.3. The first-order valence-corrected chi connectivity index (χ1v) is 7.53. The van der Waals surface area contributed by atoms with E-state index in [1.165, 1.54) is 0 Å². The largest absolute Gasteiger partial charge is 0.480 e. The van der Waals surface area contributed by atoms with E-state index in [2.05, 4.69) is 16.8 Å². The number of carbonyl (C=O) groups excluding carboxylic acids is 1. The van der Waals surface area contributed by atoms with Gasteiger partial charge >= 0.3 is 5.97 Å². The predicted octanol–water partition coefficient (Wildman–Crippen LogP) is 2.43. The number of amides is 1. The zero-order valence-corrected chi connectivity index (χ0v) is 13.2. The van der Waals surface area contributed by atoms with Gasteiger partial charge in [0.2, 0.25) is 5.91 Å². The summed E-state index contributed by atoms with van der Waals surface area (Å²) in [6.45, 7) is 6.44. The lowest BCUT2D eigenvalue weighted by molar-refractivity contribution is -0.143. The topological polar surface area (TPSA) is 71.3 Å². The minimum atomic E-state index is -1.00. The van der Waals surface area contributed by atoms with E-state index in [1.54, 1.807) is 13.8 Å². The summed E-state index contributed by atoms with van der Waals surface area (Å²) < 4.78 is 2.09. The Hall–Kier alpha value is -2.30. The number of para-hydroxylation sites is 1. The molecule has 1 atom stereocenters. The Morgan fingerprint density at radius 3 is 2.55 bits per heavy atom. The van der Waals surface area contributed by atoms with Gasteiger partial charge in [-0.1, -0.05) is 32.0 Å². The second-order valence-electron chi connectivity index (χ2n) is 5.76. The third-order valence-electron chi connectivity index (χ3n) is 3.81. The summed E-state index contributed by atoms with van der Waals surface area (Å²) in [6, 6.07) is 7.07. The van der Waals surface area contributed by atoms with E-state index in [0.29, 0.717) is 0 Å². The van der Waals surface area contributed by atoms with Crippen LogP contribution in [-0.4, -0.2) is 27.6 Å². The Morgan fingerprint density at radius 1 is 1.27 bits per heavy atom. The second-order valence-corrected chi connectivity index (χ2v) is 5.76. The van der Waals surface area contributed by atoms with Gasteiger partial charge in [0.05, 0.1) is 6.42 Å². The molecule has 0 fully saturated rings.